The lowest BCUT2D eigenvalue weighted by molar-refractivity contribution is -0.139. The SMILES string of the molecule is CCCC(NC(=O)Nc1cc(F)cc(F)c1)C(=O)O. The fourth-order valence-corrected chi connectivity index (χ4v) is 1.50. The van der Waals surface area contributed by atoms with Crippen molar-refractivity contribution < 1.29 is 23.5 Å². The summed E-state index contributed by atoms with van der Waals surface area (Å²) in [5.41, 5.74) is -0.0874. The molecule has 0 saturated carbocycles. The Hall–Kier alpha value is -2.18. The van der Waals surface area contributed by atoms with Gasteiger partial charge in [-0.05, 0) is 18.6 Å². The van der Waals surface area contributed by atoms with Gasteiger partial charge >= 0.3 is 12.0 Å². The molecule has 1 rings (SSSR count). The summed E-state index contributed by atoms with van der Waals surface area (Å²) < 4.78 is 25.8. The van der Waals surface area contributed by atoms with Crippen LogP contribution in [0.15, 0.2) is 18.2 Å². The largest absolute Gasteiger partial charge is 0.480 e. The predicted molar refractivity (Wildman–Crippen MR) is 64.8 cm³/mol. The monoisotopic (exact) mass is 272 g/mol. The van der Waals surface area contributed by atoms with E-state index in [0.717, 1.165) is 12.1 Å². The zero-order valence-corrected chi connectivity index (χ0v) is 10.2. The number of rotatable bonds is 5. The molecule has 0 bridgehead atoms. The number of carbonyl (C=O) groups excluding carboxylic acids is 1. The summed E-state index contributed by atoms with van der Waals surface area (Å²) in [4.78, 5) is 22.3. The molecular formula is C12H14F2N2O3. The standard InChI is InChI=1S/C12H14F2N2O3/c1-2-3-10(11(17)18)16-12(19)15-9-5-7(13)4-8(14)6-9/h4-6,10H,2-3H2,1H3,(H,17,18)(H2,15,16,19). The van der Waals surface area contributed by atoms with E-state index >= 15 is 0 Å². The fraction of sp³-hybridized carbons (Fsp3) is 0.333. The molecule has 1 unspecified atom stereocenters. The van der Waals surface area contributed by atoms with Gasteiger partial charge in [-0.2, -0.15) is 0 Å². The maximum absolute atomic E-state index is 12.9. The Labute approximate surface area is 108 Å². The van der Waals surface area contributed by atoms with Crippen molar-refractivity contribution >= 4 is 17.7 Å². The summed E-state index contributed by atoms with van der Waals surface area (Å²) in [6.45, 7) is 1.78. The van der Waals surface area contributed by atoms with E-state index in [2.05, 4.69) is 10.6 Å². The highest BCUT2D eigenvalue weighted by Crippen LogP contribution is 2.12. The van der Waals surface area contributed by atoms with E-state index in [-0.39, 0.29) is 12.1 Å². The van der Waals surface area contributed by atoms with Crippen LogP contribution in [0.3, 0.4) is 0 Å². The van der Waals surface area contributed by atoms with Gasteiger partial charge < -0.3 is 15.7 Å². The second kappa shape index (κ2) is 6.67. The van der Waals surface area contributed by atoms with Gasteiger partial charge in [0.25, 0.3) is 0 Å². The molecule has 1 aromatic rings. The summed E-state index contributed by atoms with van der Waals surface area (Å²) >= 11 is 0. The van der Waals surface area contributed by atoms with E-state index in [0.29, 0.717) is 12.5 Å². The number of halogens is 2. The molecule has 2 amide bonds. The van der Waals surface area contributed by atoms with Crippen molar-refractivity contribution in [2.45, 2.75) is 25.8 Å². The van der Waals surface area contributed by atoms with Crippen LogP contribution in [-0.4, -0.2) is 23.1 Å². The first-order chi connectivity index (χ1) is 8.92. The molecule has 19 heavy (non-hydrogen) atoms. The van der Waals surface area contributed by atoms with Crippen molar-refractivity contribution in [2.24, 2.45) is 0 Å². The number of amides is 2. The molecule has 0 aliphatic heterocycles. The third-order valence-electron chi connectivity index (χ3n) is 2.30. The average molecular weight is 272 g/mol. The minimum Gasteiger partial charge on any atom is -0.480 e. The molecule has 0 aliphatic rings. The van der Waals surface area contributed by atoms with Gasteiger partial charge in [-0.3, -0.25) is 0 Å². The molecule has 5 nitrogen and oxygen atoms in total. The minimum absolute atomic E-state index is 0.0874. The normalized spacial score (nSPS) is 11.7. The van der Waals surface area contributed by atoms with Crippen LogP contribution in [-0.2, 0) is 4.79 Å². The Bertz CT molecular complexity index is 460. The van der Waals surface area contributed by atoms with Gasteiger partial charge in [0.2, 0.25) is 0 Å². The van der Waals surface area contributed by atoms with Gasteiger partial charge in [0.05, 0.1) is 0 Å². The molecule has 0 aromatic heterocycles. The number of aliphatic carboxylic acids is 1. The molecule has 0 heterocycles. The van der Waals surface area contributed by atoms with Crippen LogP contribution in [0.2, 0.25) is 0 Å². The lowest BCUT2D eigenvalue weighted by atomic mass is 10.2. The highest BCUT2D eigenvalue weighted by Gasteiger charge is 2.18. The molecule has 0 radical (unpaired) electrons. The number of hydrogen-bond acceptors (Lipinski definition) is 2. The number of carboxylic acid groups (broad SMARTS) is 1. The van der Waals surface area contributed by atoms with Crippen molar-refractivity contribution in [3.63, 3.8) is 0 Å². The lowest BCUT2D eigenvalue weighted by Gasteiger charge is -2.14. The summed E-state index contributed by atoms with van der Waals surface area (Å²) in [5.74, 6) is -2.83. The fourth-order valence-electron chi connectivity index (χ4n) is 1.50. The molecule has 3 N–H and O–H groups in total. The molecule has 0 aliphatic carbocycles. The third kappa shape index (κ3) is 4.90. The Kier molecular flexibility index (Phi) is 5.23. The van der Waals surface area contributed by atoms with E-state index in [1.165, 1.54) is 0 Å². The predicted octanol–water partition coefficient (Wildman–Crippen LogP) is 2.34. The first-order valence-corrected chi connectivity index (χ1v) is 5.68. The average Bonchev–Trinajstić information content (AvgIpc) is 2.26. The van der Waals surface area contributed by atoms with Crippen LogP contribution in [0.1, 0.15) is 19.8 Å². The number of urea groups is 1. The molecule has 104 valence electrons. The van der Waals surface area contributed by atoms with E-state index in [1.54, 1.807) is 6.92 Å². The Morgan fingerprint density at radius 1 is 1.26 bits per heavy atom. The first-order valence-electron chi connectivity index (χ1n) is 5.68. The number of nitrogens with one attached hydrogen (secondary N) is 2. The number of anilines is 1. The van der Waals surface area contributed by atoms with E-state index in [9.17, 15) is 18.4 Å². The zero-order valence-electron chi connectivity index (χ0n) is 10.2. The van der Waals surface area contributed by atoms with Gasteiger partial charge in [-0.1, -0.05) is 13.3 Å². The number of benzene rings is 1. The second-order valence-corrected chi connectivity index (χ2v) is 3.94. The molecule has 7 heteroatoms. The first kappa shape index (κ1) is 14.9. The van der Waals surface area contributed by atoms with E-state index in [4.69, 9.17) is 5.11 Å². The molecule has 0 spiro atoms. The Balaban J connectivity index is 2.66. The van der Waals surface area contributed by atoms with Crippen molar-refractivity contribution in [3.05, 3.63) is 29.8 Å². The van der Waals surface area contributed by atoms with Crippen molar-refractivity contribution in [1.29, 1.82) is 0 Å². The summed E-state index contributed by atoms with van der Waals surface area (Å²) in [6, 6.07) is 0.658. The highest BCUT2D eigenvalue weighted by molar-refractivity contribution is 5.92. The highest BCUT2D eigenvalue weighted by atomic mass is 19.1. The number of carboxylic acids is 1. The summed E-state index contributed by atoms with van der Waals surface area (Å²) in [5, 5.41) is 13.2. The summed E-state index contributed by atoms with van der Waals surface area (Å²) in [6.07, 6.45) is 0.839. The Morgan fingerprint density at radius 3 is 2.32 bits per heavy atom. The maximum atomic E-state index is 12.9. The van der Waals surface area contributed by atoms with E-state index < -0.39 is 29.7 Å². The van der Waals surface area contributed by atoms with Crippen LogP contribution in [0.25, 0.3) is 0 Å². The van der Waals surface area contributed by atoms with Gasteiger partial charge in [0.1, 0.15) is 17.7 Å². The van der Waals surface area contributed by atoms with Gasteiger partial charge in [-0.15, -0.1) is 0 Å². The van der Waals surface area contributed by atoms with Gasteiger partial charge in [-0.25, -0.2) is 18.4 Å². The zero-order chi connectivity index (χ0) is 14.4. The number of hydrogen-bond donors (Lipinski definition) is 3. The van der Waals surface area contributed by atoms with Gasteiger partial charge in [0, 0.05) is 11.8 Å². The van der Waals surface area contributed by atoms with Crippen molar-refractivity contribution in [1.82, 2.24) is 5.32 Å². The van der Waals surface area contributed by atoms with Crippen LogP contribution in [0.4, 0.5) is 19.3 Å². The summed E-state index contributed by atoms with van der Waals surface area (Å²) in [7, 11) is 0. The molecule has 0 saturated heterocycles. The van der Waals surface area contributed by atoms with E-state index in [1.807, 2.05) is 0 Å². The quantitative estimate of drug-likeness (QED) is 0.769. The molecular weight excluding hydrogens is 258 g/mol. The third-order valence-corrected chi connectivity index (χ3v) is 2.30. The second-order valence-electron chi connectivity index (χ2n) is 3.94. The van der Waals surface area contributed by atoms with Crippen molar-refractivity contribution in [3.8, 4) is 0 Å². The van der Waals surface area contributed by atoms with Crippen LogP contribution in [0.5, 0.6) is 0 Å². The number of carbonyl (C=O) groups is 2. The molecule has 1 atom stereocenters. The minimum atomic E-state index is -1.16. The van der Waals surface area contributed by atoms with Crippen LogP contribution < -0.4 is 10.6 Å². The topological polar surface area (TPSA) is 78.4 Å². The van der Waals surface area contributed by atoms with Crippen molar-refractivity contribution in [2.75, 3.05) is 5.32 Å². The maximum Gasteiger partial charge on any atom is 0.326 e. The molecule has 0 fully saturated rings. The molecule has 1 aromatic carbocycles. The van der Waals surface area contributed by atoms with Crippen LogP contribution in [0, 0.1) is 11.6 Å². The van der Waals surface area contributed by atoms with Gasteiger partial charge in [0.15, 0.2) is 0 Å². The van der Waals surface area contributed by atoms with Crippen LogP contribution >= 0.6 is 0 Å². The Morgan fingerprint density at radius 2 is 1.84 bits per heavy atom. The smallest absolute Gasteiger partial charge is 0.326 e. The lowest BCUT2D eigenvalue weighted by Crippen LogP contribution is -2.42.